The van der Waals surface area contributed by atoms with Gasteiger partial charge < -0.3 is 26.0 Å². The van der Waals surface area contributed by atoms with E-state index in [9.17, 15) is 4.79 Å². The highest BCUT2D eigenvalue weighted by molar-refractivity contribution is 5.73. The Kier molecular flexibility index (Phi) is 6.13. The summed E-state index contributed by atoms with van der Waals surface area (Å²) < 4.78 is 5.65. The highest BCUT2D eigenvalue weighted by Crippen LogP contribution is 2.32. The van der Waals surface area contributed by atoms with Crippen molar-refractivity contribution in [3.63, 3.8) is 0 Å². The molecule has 4 N–H and O–H groups in total. The molecule has 2 saturated heterocycles. The second-order valence-corrected chi connectivity index (χ2v) is 7.82. The van der Waals surface area contributed by atoms with Crippen LogP contribution in [0.4, 0.5) is 27.5 Å². The maximum atomic E-state index is 12.7. The van der Waals surface area contributed by atoms with E-state index in [4.69, 9.17) is 16.2 Å². The lowest BCUT2D eigenvalue weighted by atomic mass is 10.0. The minimum atomic E-state index is -0.343. The number of nitrogen functional groups attached to an aromatic ring is 2. The number of carbonyl (C=O) groups is 1. The maximum Gasteiger partial charge on any atom is 0.415 e. The van der Waals surface area contributed by atoms with Crippen molar-refractivity contribution in [1.29, 1.82) is 0 Å². The molecule has 0 bridgehead atoms. The molecular weight excluding hydrogens is 380 g/mol. The predicted molar refractivity (Wildman–Crippen MR) is 117 cm³/mol. The van der Waals surface area contributed by atoms with Crippen molar-refractivity contribution in [2.75, 3.05) is 37.6 Å². The van der Waals surface area contributed by atoms with Crippen molar-refractivity contribution >= 4 is 28.8 Å². The zero-order valence-electron chi connectivity index (χ0n) is 17.0. The minimum Gasteiger partial charge on any atom is -0.408 e. The Hall–Kier alpha value is -3.13. The molecule has 30 heavy (non-hydrogen) atoms. The van der Waals surface area contributed by atoms with E-state index >= 15 is 0 Å². The Morgan fingerprint density at radius 1 is 0.933 bits per heavy atom. The number of hydrogen-bond donors (Lipinski definition) is 2. The van der Waals surface area contributed by atoms with E-state index in [1.807, 2.05) is 6.07 Å². The monoisotopic (exact) mass is 408 g/mol. The van der Waals surface area contributed by atoms with Gasteiger partial charge in [0.05, 0.1) is 5.69 Å². The Morgan fingerprint density at radius 3 is 2.37 bits per heavy atom. The lowest BCUT2D eigenvalue weighted by Gasteiger charge is -2.36. The third kappa shape index (κ3) is 4.71. The van der Waals surface area contributed by atoms with Gasteiger partial charge in [-0.1, -0.05) is 12.1 Å². The lowest BCUT2D eigenvalue weighted by Crippen LogP contribution is -2.46. The van der Waals surface area contributed by atoms with E-state index in [0.717, 1.165) is 12.8 Å². The summed E-state index contributed by atoms with van der Waals surface area (Å²) in [4.78, 5) is 17.0. The predicted octanol–water partition coefficient (Wildman–Crippen LogP) is 4.33. The molecule has 8 nitrogen and oxygen atoms in total. The van der Waals surface area contributed by atoms with E-state index in [0.29, 0.717) is 47.6 Å². The summed E-state index contributed by atoms with van der Waals surface area (Å²) in [5.74, 6) is 0.377. The van der Waals surface area contributed by atoms with Crippen LogP contribution in [0.1, 0.15) is 25.7 Å². The van der Waals surface area contributed by atoms with Gasteiger partial charge in [0.25, 0.3) is 0 Å². The molecule has 2 aromatic carbocycles. The van der Waals surface area contributed by atoms with E-state index in [1.165, 1.54) is 25.9 Å². The van der Waals surface area contributed by atoms with Crippen molar-refractivity contribution < 1.29 is 9.53 Å². The largest absolute Gasteiger partial charge is 0.415 e. The van der Waals surface area contributed by atoms with E-state index in [1.54, 1.807) is 41.3 Å². The third-order valence-electron chi connectivity index (χ3n) is 5.76. The van der Waals surface area contributed by atoms with Crippen LogP contribution in [0.15, 0.2) is 52.7 Å². The number of benzene rings is 2. The van der Waals surface area contributed by atoms with Gasteiger partial charge >= 0.3 is 6.09 Å². The Bertz CT molecular complexity index is 918. The van der Waals surface area contributed by atoms with Crippen molar-refractivity contribution in [2.45, 2.75) is 31.7 Å². The van der Waals surface area contributed by atoms with Crippen molar-refractivity contribution in [3.05, 3.63) is 42.5 Å². The molecule has 158 valence electrons. The number of para-hydroxylation sites is 1. The fourth-order valence-corrected chi connectivity index (χ4v) is 4.08. The lowest BCUT2D eigenvalue weighted by molar-refractivity contribution is 0.110. The van der Waals surface area contributed by atoms with Crippen molar-refractivity contribution in [1.82, 2.24) is 9.80 Å². The summed E-state index contributed by atoms with van der Waals surface area (Å²) in [7, 11) is 0. The number of rotatable bonds is 4. The van der Waals surface area contributed by atoms with E-state index < -0.39 is 0 Å². The van der Waals surface area contributed by atoms with Crippen LogP contribution in [0.25, 0.3) is 0 Å². The van der Waals surface area contributed by atoms with Gasteiger partial charge in [0.1, 0.15) is 11.4 Å². The average molecular weight is 409 g/mol. The molecule has 8 heteroatoms. The zero-order valence-corrected chi connectivity index (χ0v) is 17.0. The molecule has 0 aromatic heterocycles. The highest BCUT2D eigenvalue weighted by atomic mass is 16.6. The number of carbonyl (C=O) groups excluding carboxylic acids is 1. The molecular formula is C22H28N6O2. The molecule has 2 aliphatic heterocycles. The van der Waals surface area contributed by atoms with Gasteiger partial charge in [-0.25, -0.2) is 4.79 Å². The second kappa shape index (κ2) is 9.13. The van der Waals surface area contributed by atoms with Gasteiger partial charge in [-0.15, -0.1) is 10.2 Å². The molecule has 0 saturated carbocycles. The third-order valence-corrected chi connectivity index (χ3v) is 5.76. The van der Waals surface area contributed by atoms with Crippen LogP contribution < -0.4 is 16.2 Å². The van der Waals surface area contributed by atoms with Gasteiger partial charge in [-0.3, -0.25) is 0 Å². The molecule has 4 rings (SSSR count). The quantitative estimate of drug-likeness (QED) is 0.578. The highest BCUT2D eigenvalue weighted by Gasteiger charge is 2.29. The number of ether oxygens (including phenoxy) is 1. The first-order valence-corrected chi connectivity index (χ1v) is 10.5. The van der Waals surface area contributed by atoms with Crippen LogP contribution in [0, 0.1) is 0 Å². The Labute approximate surface area is 176 Å². The van der Waals surface area contributed by atoms with Crippen LogP contribution in [-0.4, -0.2) is 48.1 Å². The van der Waals surface area contributed by atoms with Gasteiger partial charge in [-0.05, 0) is 69.1 Å². The van der Waals surface area contributed by atoms with Crippen LogP contribution in [-0.2, 0) is 0 Å². The molecule has 2 fully saturated rings. The van der Waals surface area contributed by atoms with Crippen molar-refractivity contribution in [2.24, 2.45) is 10.2 Å². The molecule has 2 heterocycles. The summed E-state index contributed by atoms with van der Waals surface area (Å²) in [6, 6.07) is 12.7. The normalized spacial score (nSPS) is 18.2. The van der Waals surface area contributed by atoms with Crippen LogP contribution in [0.3, 0.4) is 0 Å². The minimum absolute atomic E-state index is 0.343. The van der Waals surface area contributed by atoms with Gasteiger partial charge in [-0.2, -0.15) is 0 Å². The molecule has 0 atom stereocenters. The summed E-state index contributed by atoms with van der Waals surface area (Å²) in [6.45, 7) is 3.80. The summed E-state index contributed by atoms with van der Waals surface area (Å²) in [5.41, 5.74) is 13.6. The van der Waals surface area contributed by atoms with Gasteiger partial charge in [0.15, 0.2) is 5.75 Å². The topological polar surface area (TPSA) is 110 Å². The molecule has 2 aromatic rings. The zero-order chi connectivity index (χ0) is 20.9. The second-order valence-electron chi connectivity index (χ2n) is 7.82. The summed E-state index contributed by atoms with van der Waals surface area (Å²) in [5, 5.41) is 8.42. The number of nitrogens with zero attached hydrogens (tertiary/aromatic N) is 4. The molecule has 1 amide bonds. The van der Waals surface area contributed by atoms with Crippen LogP contribution in [0.5, 0.6) is 5.75 Å². The Morgan fingerprint density at radius 2 is 1.63 bits per heavy atom. The number of nitrogens with two attached hydrogens (primary N) is 2. The number of anilines is 2. The van der Waals surface area contributed by atoms with E-state index in [2.05, 4.69) is 15.1 Å². The summed E-state index contributed by atoms with van der Waals surface area (Å²) >= 11 is 0. The number of amides is 1. The first kappa shape index (κ1) is 20.2. The first-order chi connectivity index (χ1) is 14.6. The molecule has 2 aliphatic rings. The number of piperidine rings is 1. The smallest absolute Gasteiger partial charge is 0.408 e. The molecule has 0 unspecified atom stereocenters. The van der Waals surface area contributed by atoms with Gasteiger partial charge in [0.2, 0.25) is 0 Å². The first-order valence-electron chi connectivity index (χ1n) is 10.5. The maximum absolute atomic E-state index is 12.7. The molecule has 0 radical (unpaired) electrons. The van der Waals surface area contributed by atoms with Gasteiger partial charge in [0, 0.05) is 24.8 Å². The summed E-state index contributed by atoms with van der Waals surface area (Å²) in [6.07, 6.45) is 4.22. The van der Waals surface area contributed by atoms with E-state index in [-0.39, 0.29) is 6.09 Å². The average Bonchev–Trinajstić information content (AvgIpc) is 3.29. The SMILES string of the molecule is Nc1ccc(/N=N/c2ccccc2OC(=O)N2CCC(N3CCCC3)CC2)c(N)c1. The fourth-order valence-electron chi connectivity index (χ4n) is 4.08. The molecule has 0 aliphatic carbocycles. The number of azo groups is 1. The number of hydrogen-bond acceptors (Lipinski definition) is 7. The Balaban J connectivity index is 1.39. The standard InChI is InChI=1S/C22H28N6O2/c23-16-7-8-19(18(24)15-16)25-26-20-5-1-2-6-21(20)30-22(29)28-13-9-17(10-14-28)27-11-3-4-12-27/h1-2,5-8,15,17H,3-4,9-14,23-24H2/b26-25+. The molecule has 0 spiro atoms. The number of likely N-dealkylation sites (tertiary alicyclic amines) is 2. The van der Waals surface area contributed by atoms with Crippen molar-refractivity contribution in [3.8, 4) is 5.75 Å². The van der Waals surface area contributed by atoms with Crippen LogP contribution in [0.2, 0.25) is 0 Å². The van der Waals surface area contributed by atoms with Crippen LogP contribution >= 0.6 is 0 Å². The fraction of sp³-hybridized carbons (Fsp3) is 0.409.